The van der Waals surface area contributed by atoms with Crippen LogP contribution >= 0.6 is 35.0 Å². The van der Waals surface area contributed by atoms with Gasteiger partial charge in [0.2, 0.25) is 6.41 Å². The van der Waals surface area contributed by atoms with Crippen LogP contribution in [0.15, 0.2) is 40.1 Å². The molecule has 0 aromatic heterocycles. The molecule has 0 spiro atoms. The quantitative estimate of drug-likeness (QED) is 0.454. The Kier molecular flexibility index (Phi) is 5.70. The second-order valence-corrected chi connectivity index (χ2v) is 6.05. The molecule has 0 atom stereocenters. The second-order valence-electron chi connectivity index (χ2n) is 4.19. The van der Waals surface area contributed by atoms with E-state index in [0.717, 1.165) is 11.8 Å². The number of carbonyl (C=O) groups excluding carboxylic acids is 1. The van der Waals surface area contributed by atoms with Crippen molar-refractivity contribution in [3.8, 4) is 5.75 Å². The molecule has 0 aliphatic rings. The van der Waals surface area contributed by atoms with Crippen LogP contribution in [0, 0.1) is 10.1 Å². The lowest BCUT2D eigenvalue weighted by molar-refractivity contribution is -0.387. The van der Waals surface area contributed by atoms with Crippen LogP contribution < -0.4 is 10.1 Å². The van der Waals surface area contributed by atoms with Gasteiger partial charge in [-0.3, -0.25) is 14.9 Å². The van der Waals surface area contributed by atoms with Gasteiger partial charge in [-0.05, 0) is 24.3 Å². The molecule has 6 nitrogen and oxygen atoms in total. The molecule has 1 N–H and O–H groups in total. The monoisotopic (exact) mass is 372 g/mol. The van der Waals surface area contributed by atoms with Gasteiger partial charge >= 0.3 is 0 Å². The largest absolute Gasteiger partial charge is 0.497 e. The highest BCUT2D eigenvalue weighted by atomic mass is 35.5. The van der Waals surface area contributed by atoms with Crippen molar-refractivity contribution in [2.24, 2.45) is 0 Å². The van der Waals surface area contributed by atoms with Crippen LogP contribution in [0.3, 0.4) is 0 Å². The SMILES string of the molecule is COc1ccc(Sc2c(Cl)ccc(Cl)c2NC=O)c([N+](=O)[O-])c1. The fraction of sp³-hybridized carbons (Fsp3) is 0.0714. The number of carbonyl (C=O) groups is 1. The van der Waals surface area contributed by atoms with E-state index in [4.69, 9.17) is 27.9 Å². The van der Waals surface area contributed by atoms with E-state index >= 15 is 0 Å². The predicted octanol–water partition coefficient (Wildman–Crippen LogP) is 4.63. The molecule has 120 valence electrons. The summed E-state index contributed by atoms with van der Waals surface area (Å²) >= 11 is 13.2. The van der Waals surface area contributed by atoms with Gasteiger partial charge in [-0.25, -0.2) is 0 Å². The summed E-state index contributed by atoms with van der Waals surface area (Å²) < 4.78 is 5.00. The van der Waals surface area contributed by atoms with Crippen LogP contribution in [0.25, 0.3) is 0 Å². The van der Waals surface area contributed by atoms with Crippen LogP contribution in [0.2, 0.25) is 10.0 Å². The number of anilines is 1. The number of nitro benzene ring substituents is 1. The molecule has 0 saturated carbocycles. The van der Waals surface area contributed by atoms with Gasteiger partial charge in [0.15, 0.2) is 0 Å². The summed E-state index contributed by atoms with van der Waals surface area (Å²) in [5, 5.41) is 14.3. The van der Waals surface area contributed by atoms with Crippen LogP contribution in [0.4, 0.5) is 11.4 Å². The molecule has 0 fully saturated rings. The first kappa shape index (κ1) is 17.4. The zero-order valence-electron chi connectivity index (χ0n) is 11.7. The Balaban J connectivity index is 2.53. The molecule has 0 bridgehead atoms. The molecule has 2 aromatic rings. The summed E-state index contributed by atoms with van der Waals surface area (Å²) in [7, 11) is 1.42. The van der Waals surface area contributed by atoms with E-state index < -0.39 is 4.92 Å². The number of benzene rings is 2. The van der Waals surface area contributed by atoms with Gasteiger partial charge in [0.1, 0.15) is 5.75 Å². The van der Waals surface area contributed by atoms with E-state index in [1.165, 1.54) is 19.2 Å². The average molecular weight is 373 g/mol. The summed E-state index contributed by atoms with van der Waals surface area (Å²) in [5.74, 6) is 0.365. The molecule has 9 heteroatoms. The number of hydrogen-bond donors (Lipinski definition) is 1. The predicted molar refractivity (Wildman–Crippen MR) is 89.9 cm³/mol. The van der Waals surface area contributed by atoms with Gasteiger partial charge in [-0.15, -0.1) is 0 Å². The van der Waals surface area contributed by atoms with Gasteiger partial charge in [-0.2, -0.15) is 0 Å². The third-order valence-corrected chi connectivity index (χ3v) is 4.77. The minimum atomic E-state index is -0.518. The maximum absolute atomic E-state index is 11.2. The van der Waals surface area contributed by atoms with Crippen molar-refractivity contribution in [3.05, 3.63) is 50.5 Å². The number of amides is 1. The van der Waals surface area contributed by atoms with Crippen molar-refractivity contribution < 1.29 is 14.5 Å². The van der Waals surface area contributed by atoms with Gasteiger partial charge in [0.05, 0.1) is 43.6 Å². The summed E-state index contributed by atoms with van der Waals surface area (Å²) in [5.41, 5.74) is 0.159. The molecule has 0 heterocycles. The van der Waals surface area contributed by atoms with Crippen LogP contribution in [0.5, 0.6) is 5.75 Å². The maximum atomic E-state index is 11.2. The molecule has 23 heavy (non-hydrogen) atoms. The molecule has 0 unspecified atom stereocenters. The zero-order valence-corrected chi connectivity index (χ0v) is 14.0. The Morgan fingerprint density at radius 1 is 1.26 bits per heavy atom. The highest BCUT2D eigenvalue weighted by Gasteiger charge is 2.20. The topological polar surface area (TPSA) is 81.5 Å². The van der Waals surface area contributed by atoms with Crippen LogP contribution in [-0.4, -0.2) is 18.4 Å². The molecule has 0 aliphatic carbocycles. The molecule has 0 radical (unpaired) electrons. The van der Waals surface area contributed by atoms with Crippen LogP contribution in [0.1, 0.15) is 0 Å². The summed E-state index contributed by atoms with van der Waals surface area (Å²) in [6.45, 7) is 0. The number of nitrogens with one attached hydrogen (secondary N) is 1. The smallest absolute Gasteiger partial charge is 0.286 e. The van der Waals surface area contributed by atoms with Gasteiger partial charge in [0.25, 0.3) is 5.69 Å². The first-order chi connectivity index (χ1) is 11.0. The van der Waals surface area contributed by atoms with Crippen molar-refractivity contribution in [2.45, 2.75) is 9.79 Å². The van der Waals surface area contributed by atoms with E-state index in [2.05, 4.69) is 5.32 Å². The van der Waals surface area contributed by atoms with Gasteiger partial charge in [-0.1, -0.05) is 35.0 Å². The highest BCUT2D eigenvalue weighted by molar-refractivity contribution is 7.99. The third kappa shape index (κ3) is 3.87. The molecular formula is C14H10Cl2N2O4S. The average Bonchev–Trinajstić information content (AvgIpc) is 2.54. The number of rotatable bonds is 6. The highest BCUT2D eigenvalue weighted by Crippen LogP contribution is 2.45. The number of halogens is 2. The Labute approximate surface area is 145 Å². The Morgan fingerprint density at radius 3 is 2.57 bits per heavy atom. The van der Waals surface area contributed by atoms with E-state index in [0.29, 0.717) is 32.7 Å². The van der Waals surface area contributed by atoms with Crippen molar-refractivity contribution in [3.63, 3.8) is 0 Å². The second kappa shape index (κ2) is 7.54. The molecule has 1 amide bonds. The maximum Gasteiger partial charge on any atom is 0.286 e. The Hall–Kier alpha value is -1.96. The fourth-order valence-electron chi connectivity index (χ4n) is 1.79. The van der Waals surface area contributed by atoms with Gasteiger partial charge in [0, 0.05) is 0 Å². The number of hydrogen-bond acceptors (Lipinski definition) is 5. The zero-order chi connectivity index (χ0) is 17.0. The van der Waals surface area contributed by atoms with Crippen molar-refractivity contribution >= 4 is 52.7 Å². The van der Waals surface area contributed by atoms with Crippen molar-refractivity contribution in [1.29, 1.82) is 0 Å². The first-order valence-corrected chi connectivity index (χ1v) is 7.73. The molecule has 0 aliphatic heterocycles. The van der Waals surface area contributed by atoms with E-state index in [-0.39, 0.29) is 10.7 Å². The number of nitrogens with zero attached hydrogens (tertiary/aromatic N) is 1. The lowest BCUT2D eigenvalue weighted by Crippen LogP contribution is -1.98. The standard InChI is InChI=1S/C14H10Cl2N2O4S/c1-22-8-2-5-12(11(6-8)18(20)21)23-14-10(16)4-3-9(15)13(14)17-7-19/h2-7H,1H3,(H,17,19). The Bertz CT molecular complexity index is 771. The van der Waals surface area contributed by atoms with Crippen molar-refractivity contribution in [1.82, 2.24) is 0 Å². The normalized spacial score (nSPS) is 10.2. The van der Waals surface area contributed by atoms with E-state index in [1.807, 2.05) is 0 Å². The number of ether oxygens (including phenoxy) is 1. The fourth-order valence-corrected chi connectivity index (χ4v) is 3.36. The summed E-state index contributed by atoms with van der Waals surface area (Å²) in [6, 6.07) is 7.54. The number of nitro groups is 1. The minimum Gasteiger partial charge on any atom is -0.497 e. The number of methoxy groups -OCH3 is 1. The summed E-state index contributed by atoms with van der Waals surface area (Å²) in [4.78, 5) is 22.2. The van der Waals surface area contributed by atoms with E-state index in [1.54, 1.807) is 18.2 Å². The molecule has 2 aromatic carbocycles. The summed E-state index contributed by atoms with van der Waals surface area (Å²) in [6.07, 6.45) is 0.462. The lowest BCUT2D eigenvalue weighted by atomic mass is 10.3. The minimum absolute atomic E-state index is 0.137. The molecule has 0 saturated heterocycles. The van der Waals surface area contributed by atoms with E-state index in [9.17, 15) is 14.9 Å². The van der Waals surface area contributed by atoms with Crippen LogP contribution in [-0.2, 0) is 4.79 Å². The van der Waals surface area contributed by atoms with Gasteiger partial charge < -0.3 is 10.1 Å². The third-order valence-electron chi connectivity index (χ3n) is 2.84. The molecular weight excluding hydrogens is 363 g/mol. The molecule has 2 rings (SSSR count). The lowest BCUT2D eigenvalue weighted by Gasteiger charge is -2.12. The Morgan fingerprint density at radius 2 is 1.96 bits per heavy atom. The first-order valence-electron chi connectivity index (χ1n) is 6.16. The van der Waals surface area contributed by atoms with Crippen molar-refractivity contribution in [2.75, 3.05) is 12.4 Å².